The van der Waals surface area contributed by atoms with Crippen molar-refractivity contribution >= 4 is 17.5 Å². The molecule has 0 radical (unpaired) electrons. The highest BCUT2D eigenvalue weighted by Gasteiger charge is 2.12. The Labute approximate surface area is 122 Å². The number of furan rings is 1. The molecule has 0 aliphatic carbocycles. The van der Waals surface area contributed by atoms with E-state index < -0.39 is 0 Å². The first-order valence-corrected chi connectivity index (χ1v) is 6.45. The maximum atomic E-state index is 11.9. The van der Waals surface area contributed by atoms with Gasteiger partial charge in [-0.3, -0.25) is 9.59 Å². The standard InChI is InChI=1S/C15H17N3O3/c1-18(9-11-6-7-21-10-11)14(19)8-17-15(20)12-2-4-13(16)5-3-12/h2-7,10H,8-9,16H2,1H3,(H,17,20). The predicted molar refractivity (Wildman–Crippen MR) is 78.4 cm³/mol. The fourth-order valence-electron chi connectivity index (χ4n) is 1.77. The molecule has 6 heteroatoms. The summed E-state index contributed by atoms with van der Waals surface area (Å²) >= 11 is 0. The van der Waals surface area contributed by atoms with E-state index in [1.165, 1.54) is 4.90 Å². The van der Waals surface area contributed by atoms with Gasteiger partial charge in [-0.2, -0.15) is 0 Å². The number of amides is 2. The van der Waals surface area contributed by atoms with Crippen molar-refractivity contribution in [1.82, 2.24) is 10.2 Å². The number of nitrogens with zero attached hydrogens (tertiary/aromatic N) is 1. The van der Waals surface area contributed by atoms with Gasteiger partial charge in [-0.25, -0.2) is 0 Å². The lowest BCUT2D eigenvalue weighted by Crippen LogP contribution is -2.37. The number of nitrogens with two attached hydrogens (primary N) is 1. The molecule has 3 N–H and O–H groups in total. The van der Waals surface area contributed by atoms with Crippen LogP contribution in [0.3, 0.4) is 0 Å². The van der Waals surface area contributed by atoms with E-state index >= 15 is 0 Å². The van der Waals surface area contributed by atoms with E-state index in [4.69, 9.17) is 10.2 Å². The Morgan fingerprint density at radius 3 is 2.57 bits per heavy atom. The number of anilines is 1. The van der Waals surface area contributed by atoms with Crippen molar-refractivity contribution in [3.63, 3.8) is 0 Å². The second-order valence-electron chi connectivity index (χ2n) is 4.69. The van der Waals surface area contributed by atoms with E-state index in [1.54, 1.807) is 49.9 Å². The van der Waals surface area contributed by atoms with Gasteiger partial charge in [0.2, 0.25) is 5.91 Å². The van der Waals surface area contributed by atoms with E-state index in [1.807, 2.05) is 0 Å². The number of nitrogen functional groups attached to an aromatic ring is 1. The van der Waals surface area contributed by atoms with Gasteiger partial charge in [0, 0.05) is 30.4 Å². The van der Waals surface area contributed by atoms with E-state index in [2.05, 4.69) is 5.32 Å². The van der Waals surface area contributed by atoms with Crippen LogP contribution in [0.25, 0.3) is 0 Å². The third kappa shape index (κ3) is 4.10. The number of likely N-dealkylation sites (N-methyl/N-ethyl adjacent to an activating group) is 1. The van der Waals surface area contributed by atoms with Crippen molar-refractivity contribution in [3.8, 4) is 0 Å². The maximum absolute atomic E-state index is 11.9. The normalized spacial score (nSPS) is 10.1. The molecule has 6 nitrogen and oxygen atoms in total. The third-order valence-electron chi connectivity index (χ3n) is 3.00. The minimum absolute atomic E-state index is 0.0580. The number of hydrogen-bond donors (Lipinski definition) is 2. The lowest BCUT2D eigenvalue weighted by molar-refractivity contribution is -0.129. The maximum Gasteiger partial charge on any atom is 0.251 e. The first-order valence-electron chi connectivity index (χ1n) is 6.45. The van der Waals surface area contributed by atoms with Crippen LogP contribution in [-0.4, -0.2) is 30.3 Å². The Morgan fingerprint density at radius 2 is 1.95 bits per heavy atom. The fraction of sp³-hybridized carbons (Fsp3) is 0.200. The van der Waals surface area contributed by atoms with Crippen LogP contribution in [-0.2, 0) is 11.3 Å². The molecule has 2 amide bonds. The summed E-state index contributed by atoms with van der Waals surface area (Å²) in [5, 5.41) is 2.58. The van der Waals surface area contributed by atoms with Gasteiger partial charge in [-0.15, -0.1) is 0 Å². The number of benzene rings is 1. The summed E-state index contributed by atoms with van der Waals surface area (Å²) in [4.78, 5) is 25.3. The smallest absolute Gasteiger partial charge is 0.251 e. The van der Waals surface area contributed by atoms with Gasteiger partial charge in [0.15, 0.2) is 0 Å². The summed E-state index contributed by atoms with van der Waals surface area (Å²) < 4.78 is 4.94. The fourth-order valence-corrected chi connectivity index (χ4v) is 1.77. The second-order valence-corrected chi connectivity index (χ2v) is 4.69. The van der Waals surface area contributed by atoms with E-state index in [9.17, 15) is 9.59 Å². The van der Waals surface area contributed by atoms with Gasteiger partial charge in [0.05, 0.1) is 19.1 Å². The first kappa shape index (κ1) is 14.6. The molecular weight excluding hydrogens is 270 g/mol. The highest BCUT2D eigenvalue weighted by molar-refractivity contribution is 5.96. The average molecular weight is 287 g/mol. The number of rotatable bonds is 5. The molecule has 0 bridgehead atoms. The van der Waals surface area contributed by atoms with Crippen LogP contribution in [0.1, 0.15) is 15.9 Å². The monoisotopic (exact) mass is 287 g/mol. The lowest BCUT2D eigenvalue weighted by atomic mass is 10.2. The van der Waals surface area contributed by atoms with Gasteiger partial charge in [0.1, 0.15) is 0 Å². The van der Waals surface area contributed by atoms with Crippen molar-refractivity contribution in [2.45, 2.75) is 6.54 Å². The highest BCUT2D eigenvalue weighted by Crippen LogP contribution is 2.06. The number of hydrogen-bond acceptors (Lipinski definition) is 4. The van der Waals surface area contributed by atoms with Crippen molar-refractivity contribution in [1.29, 1.82) is 0 Å². The molecule has 0 fully saturated rings. The molecule has 21 heavy (non-hydrogen) atoms. The second kappa shape index (κ2) is 6.60. The van der Waals surface area contributed by atoms with Crippen LogP contribution >= 0.6 is 0 Å². The van der Waals surface area contributed by atoms with Crippen molar-refractivity contribution in [2.24, 2.45) is 0 Å². The van der Waals surface area contributed by atoms with Gasteiger partial charge in [0.25, 0.3) is 5.91 Å². The minimum atomic E-state index is -0.305. The largest absolute Gasteiger partial charge is 0.472 e. The summed E-state index contributed by atoms with van der Waals surface area (Å²) in [5.74, 6) is -0.486. The van der Waals surface area contributed by atoms with Gasteiger partial charge < -0.3 is 20.4 Å². The van der Waals surface area contributed by atoms with E-state index in [0.717, 1.165) is 5.56 Å². The number of nitrogens with one attached hydrogen (secondary N) is 1. The zero-order valence-electron chi connectivity index (χ0n) is 11.7. The summed E-state index contributed by atoms with van der Waals surface area (Å²) in [7, 11) is 1.67. The molecule has 0 unspecified atom stereocenters. The topological polar surface area (TPSA) is 88.6 Å². The van der Waals surface area contributed by atoms with Crippen LogP contribution in [0.15, 0.2) is 47.3 Å². The molecule has 1 aromatic heterocycles. The first-order chi connectivity index (χ1) is 10.1. The van der Waals surface area contributed by atoms with Crippen molar-refractivity contribution in [2.75, 3.05) is 19.3 Å². The Kier molecular flexibility index (Phi) is 4.61. The van der Waals surface area contributed by atoms with Gasteiger partial charge in [-0.1, -0.05) is 0 Å². The van der Waals surface area contributed by atoms with Crippen LogP contribution in [0.5, 0.6) is 0 Å². The van der Waals surface area contributed by atoms with Crippen molar-refractivity contribution < 1.29 is 14.0 Å². The van der Waals surface area contributed by atoms with Crippen LogP contribution in [0.2, 0.25) is 0 Å². The van der Waals surface area contributed by atoms with Crippen LogP contribution in [0, 0.1) is 0 Å². The van der Waals surface area contributed by atoms with Gasteiger partial charge in [-0.05, 0) is 30.3 Å². The van der Waals surface area contributed by atoms with Crippen LogP contribution in [0.4, 0.5) is 5.69 Å². The molecule has 0 aliphatic rings. The molecule has 0 atom stereocenters. The molecule has 0 aliphatic heterocycles. The average Bonchev–Trinajstić information content (AvgIpc) is 2.98. The Hall–Kier alpha value is -2.76. The SMILES string of the molecule is CN(Cc1ccoc1)C(=O)CNC(=O)c1ccc(N)cc1. The summed E-state index contributed by atoms with van der Waals surface area (Å²) in [5.41, 5.74) is 7.50. The van der Waals surface area contributed by atoms with Crippen LogP contribution < -0.4 is 11.1 Å². The number of carbonyl (C=O) groups excluding carboxylic acids is 2. The molecule has 110 valence electrons. The molecule has 0 saturated carbocycles. The summed E-state index contributed by atoms with van der Waals surface area (Å²) in [6.45, 7) is 0.380. The molecule has 0 saturated heterocycles. The molecular formula is C15H17N3O3. The predicted octanol–water partition coefficient (Wildman–Crippen LogP) is 1.25. The van der Waals surface area contributed by atoms with E-state index in [-0.39, 0.29) is 18.4 Å². The third-order valence-corrected chi connectivity index (χ3v) is 3.00. The zero-order valence-corrected chi connectivity index (χ0v) is 11.7. The summed E-state index contributed by atoms with van der Waals surface area (Å²) in [6, 6.07) is 8.30. The molecule has 1 heterocycles. The summed E-state index contributed by atoms with van der Waals surface area (Å²) in [6.07, 6.45) is 3.13. The molecule has 1 aromatic carbocycles. The highest BCUT2D eigenvalue weighted by atomic mass is 16.3. The molecule has 2 aromatic rings. The quantitative estimate of drug-likeness (QED) is 0.810. The van der Waals surface area contributed by atoms with E-state index in [0.29, 0.717) is 17.8 Å². The Bertz CT molecular complexity index is 606. The van der Waals surface area contributed by atoms with Gasteiger partial charge >= 0.3 is 0 Å². The minimum Gasteiger partial charge on any atom is -0.472 e. The molecule has 2 rings (SSSR count). The Balaban J connectivity index is 1.83. The molecule has 0 spiro atoms. The lowest BCUT2D eigenvalue weighted by Gasteiger charge is -2.16. The number of carbonyl (C=O) groups is 2. The van der Waals surface area contributed by atoms with Crippen molar-refractivity contribution in [3.05, 3.63) is 54.0 Å². The zero-order chi connectivity index (χ0) is 15.2. The Morgan fingerprint density at radius 1 is 1.24 bits per heavy atom.